The standard InChI is InChI=1S/C68H44N2/c1-3-21-45(22-4-1)49-25-11-18-36-64(49)69(47-39-41-54-52-28-9-14-32-58(52)67(62(54)43-47)56-30-12-7-26-50(56)51-27-8-13-31-57(51)67)48-40-42-55-53-29-10-15-33-59(53)68(63(55)44-48)60-34-16-19-37-65(60)70(46-23-5-2-6-24-46)66-38-20-17-35-61(66)68/h1-44H. The Hall–Kier alpha value is -8.98. The Morgan fingerprint density at radius 1 is 0.257 bits per heavy atom. The smallest absolute Gasteiger partial charge is 0.0755 e. The molecule has 0 bridgehead atoms. The van der Waals surface area contributed by atoms with Gasteiger partial charge < -0.3 is 9.80 Å². The van der Waals surface area contributed by atoms with Crippen LogP contribution >= 0.6 is 0 Å². The van der Waals surface area contributed by atoms with Gasteiger partial charge in [-0.2, -0.15) is 0 Å². The Kier molecular flexibility index (Phi) is 8.24. The van der Waals surface area contributed by atoms with Crippen molar-refractivity contribution in [1.82, 2.24) is 0 Å². The van der Waals surface area contributed by atoms with Gasteiger partial charge in [0.15, 0.2) is 0 Å². The summed E-state index contributed by atoms with van der Waals surface area (Å²) in [6.07, 6.45) is 0. The Balaban J connectivity index is 1.02. The number of rotatable bonds is 5. The summed E-state index contributed by atoms with van der Waals surface area (Å²) in [4.78, 5) is 5.00. The highest BCUT2D eigenvalue weighted by molar-refractivity contribution is 6.00. The van der Waals surface area contributed by atoms with Gasteiger partial charge in [-0.05, 0) is 138 Å². The van der Waals surface area contributed by atoms with Crippen LogP contribution in [0.15, 0.2) is 267 Å². The third kappa shape index (κ3) is 5.07. The lowest BCUT2D eigenvalue weighted by Crippen LogP contribution is -2.36. The first-order valence-corrected chi connectivity index (χ1v) is 24.4. The summed E-state index contributed by atoms with van der Waals surface area (Å²) in [5, 5.41) is 0. The van der Waals surface area contributed by atoms with Crippen LogP contribution in [0.1, 0.15) is 44.5 Å². The van der Waals surface area contributed by atoms with E-state index in [0.29, 0.717) is 0 Å². The second-order valence-electron chi connectivity index (χ2n) is 19.1. The first-order chi connectivity index (χ1) is 34.8. The van der Waals surface area contributed by atoms with Gasteiger partial charge in [0.1, 0.15) is 0 Å². The van der Waals surface area contributed by atoms with Gasteiger partial charge in [-0.1, -0.05) is 212 Å². The highest BCUT2D eigenvalue weighted by atomic mass is 15.2. The molecule has 0 atom stereocenters. The lowest BCUT2D eigenvalue weighted by molar-refractivity contribution is 0.752. The van der Waals surface area contributed by atoms with Gasteiger partial charge in [0.05, 0.1) is 27.9 Å². The number of hydrogen-bond donors (Lipinski definition) is 0. The van der Waals surface area contributed by atoms with Gasteiger partial charge in [-0.15, -0.1) is 0 Å². The van der Waals surface area contributed by atoms with Gasteiger partial charge in [-0.3, -0.25) is 0 Å². The fraction of sp³-hybridized carbons (Fsp3) is 0.0294. The van der Waals surface area contributed by atoms with Crippen molar-refractivity contribution in [1.29, 1.82) is 0 Å². The number of nitrogens with zero attached hydrogens (tertiary/aromatic N) is 2. The molecule has 3 aliphatic carbocycles. The Morgan fingerprint density at radius 2 is 0.600 bits per heavy atom. The van der Waals surface area contributed by atoms with Crippen LogP contribution in [0.2, 0.25) is 0 Å². The van der Waals surface area contributed by atoms with Crippen LogP contribution in [0.25, 0.3) is 44.5 Å². The summed E-state index contributed by atoms with van der Waals surface area (Å²) in [6.45, 7) is 0. The average molecular weight is 889 g/mol. The zero-order chi connectivity index (χ0) is 46.0. The van der Waals surface area contributed by atoms with Gasteiger partial charge in [-0.25, -0.2) is 0 Å². The average Bonchev–Trinajstić information content (AvgIpc) is 4.02. The lowest BCUT2D eigenvalue weighted by Gasteiger charge is -2.45. The number of anilines is 6. The molecule has 0 N–H and O–H groups in total. The van der Waals surface area contributed by atoms with Crippen LogP contribution in [0.5, 0.6) is 0 Å². The minimum Gasteiger partial charge on any atom is -0.310 e. The molecule has 0 radical (unpaired) electrons. The molecule has 1 heterocycles. The molecule has 0 saturated heterocycles. The molecule has 326 valence electrons. The van der Waals surface area contributed by atoms with Crippen LogP contribution in [-0.4, -0.2) is 0 Å². The van der Waals surface area contributed by atoms with Crippen molar-refractivity contribution in [3.8, 4) is 44.5 Å². The molecule has 2 spiro atoms. The topological polar surface area (TPSA) is 6.48 Å². The summed E-state index contributed by atoms with van der Waals surface area (Å²) in [6, 6.07) is 99.9. The molecule has 0 unspecified atom stereocenters. The Morgan fingerprint density at radius 3 is 1.07 bits per heavy atom. The molecule has 1 aliphatic heterocycles. The number of benzene rings is 11. The molecule has 15 rings (SSSR count). The molecule has 0 saturated carbocycles. The molecule has 4 aliphatic rings. The van der Waals surface area contributed by atoms with E-state index in [1.165, 1.54) is 100 Å². The van der Waals surface area contributed by atoms with Crippen molar-refractivity contribution in [2.24, 2.45) is 0 Å². The summed E-state index contributed by atoms with van der Waals surface area (Å²) >= 11 is 0. The molecule has 2 heteroatoms. The zero-order valence-corrected chi connectivity index (χ0v) is 38.3. The van der Waals surface area contributed by atoms with Crippen LogP contribution in [0.3, 0.4) is 0 Å². The van der Waals surface area contributed by atoms with Crippen LogP contribution in [0.4, 0.5) is 34.1 Å². The van der Waals surface area contributed by atoms with E-state index < -0.39 is 10.8 Å². The third-order valence-electron chi connectivity index (χ3n) is 15.9. The molecule has 11 aromatic rings. The molecule has 70 heavy (non-hydrogen) atoms. The van der Waals surface area contributed by atoms with E-state index in [2.05, 4.69) is 277 Å². The van der Waals surface area contributed by atoms with E-state index in [-0.39, 0.29) is 0 Å². The molecule has 11 aromatic carbocycles. The monoisotopic (exact) mass is 888 g/mol. The molecule has 0 aromatic heterocycles. The van der Waals surface area contributed by atoms with E-state index in [1.807, 2.05) is 0 Å². The maximum atomic E-state index is 2.54. The summed E-state index contributed by atoms with van der Waals surface area (Å²) in [7, 11) is 0. The van der Waals surface area contributed by atoms with E-state index in [1.54, 1.807) is 0 Å². The Labute approximate surface area is 408 Å². The summed E-state index contributed by atoms with van der Waals surface area (Å²) in [5.41, 5.74) is 26.3. The van der Waals surface area contributed by atoms with Crippen molar-refractivity contribution in [2.45, 2.75) is 10.8 Å². The first kappa shape index (κ1) is 39.1. The zero-order valence-electron chi connectivity index (χ0n) is 38.3. The maximum Gasteiger partial charge on any atom is 0.0755 e. The van der Waals surface area contributed by atoms with Crippen LogP contribution < -0.4 is 9.80 Å². The van der Waals surface area contributed by atoms with Gasteiger partial charge in [0, 0.05) is 22.6 Å². The van der Waals surface area contributed by atoms with Gasteiger partial charge in [0.25, 0.3) is 0 Å². The van der Waals surface area contributed by atoms with Crippen molar-refractivity contribution in [3.05, 3.63) is 311 Å². The van der Waals surface area contributed by atoms with Gasteiger partial charge in [0.2, 0.25) is 0 Å². The number of para-hydroxylation sites is 4. The van der Waals surface area contributed by atoms with Crippen molar-refractivity contribution < 1.29 is 0 Å². The quantitative estimate of drug-likeness (QED) is 0.170. The summed E-state index contributed by atoms with van der Waals surface area (Å²) < 4.78 is 0. The van der Waals surface area contributed by atoms with Gasteiger partial charge >= 0.3 is 0 Å². The highest BCUT2D eigenvalue weighted by Gasteiger charge is 2.53. The van der Waals surface area contributed by atoms with E-state index >= 15 is 0 Å². The minimum atomic E-state index is -0.605. The molecule has 0 amide bonds. The number of fused-ring (bicyclic) bond motifs is 19. The molecule has 2 nitrogen and oxygen atoms in total. The molecule has 0 fully saturated rings. The highest BCUT2D eigenvalue weighted by Crippen LogP contribution is 2.66. The predicted octanol–water partition coefficient (Wildman–Crippen LogP) is 17.3. The van der Waals surface area contributed by atoms with E-state index in [0.717, 1.165) is 22.7 Å². The molecular weight excluding hydrogens is 845 g/mol. The van der Waals surface area contributed by atoms with E-state index in [4.69, 9.17) is 0 Å². The first-order valence-electron chi connectivity index (χ1n) is 24.4. The van der Waals surface area contributed by atoms with Crippen molar-refractivity contribution >= 4 is 34.1 Å². The minimum absolute atomic E-state index is 0.483. The Bertz CT molecular complexity index is 3810. The molecular formula is C68H44N2. The normalized spacial score (nSPS) is 14.2. The largest absolute Gasteiger partial charge is 0.310 e. The second-order valence-corrected chi connectivity index (χ2v) is 19.1. The predicted molar refractivity (Wildman–Crippen MR) is 288 cm³/mol. The lowest BCUT2D eigenvalue weighted by atomic mass is 9.64. The fourth-order valence-electron chi connectivity index (χ4n) is 13.3. The summed E-state index contributed by atoms with van der Waals surface area (Å²) in [5.74, 6) is 0. The van der Waals surface area contributed by atoms with Crippen LogP contribution in [-0.2, 0) is 10.8 Å². The SMILES string of the molecule is c1ccc(-c2ccccc2N(c2ccc3c(c2)C2(c4ccccc4-c4ccccc42)c2ccccc2-3)c2ccc3c(c2)C2(c4ccccc4-3)c3ccccc3N(c3ccccc3)c3ccccc32)cc1. The second kappa shape index (κ2) is 14.8. The van der Waals surface area contributed by atoms with Crippen molar-refractivity contribution in [2.75, 3.05) is 9.80 Å². The van der Waals surface area contributed by atoms with E-state index in [9.17, 15) is 0 Å². The fourth-order valence-corrected chi connectivity index (χ4v) is 13.3. The van der Waals surface area contributed by atoms with Crippen LogP contribution in [0, 0.1) is 0 Å². The number of hydrogen-bond acceptors (Lipinski definition) is 2. The third-order valence-corrected chi connectivity index (χ3v) is 15.9. The maximum absolute atomic E-state index is 2.54. The van der Waals surface area contributed by atoms with Crippen molar-refractivity contribution in [3.63, 3.8) is 0 Å².